The summed E-state index contributed by atoms with van der Waals surface area (Å²) in [6.07, 6.45) is 0.999. The van der Waals surface area contributed by atoms with Gasteiger partial charge < -0.3 is 15.1 Å². The van der Waals surface area contributed by atoms with Crippen molar-refractivity contribution in [2.45, 2.75) is 20.3 Å². The fraction of sp³-hybridized carbons (Fsp3) is 0.643. The van der Waals surface area contributed by atoms with Gasteiger partial charge in [0.1, 0.15) is 5.69 Å². The van der Waals surface area contributed by atoms with Crippen LogP contribution >= 0.6 is 0 Å². The van der Waals surface area contributed by atoms with Crippen LogP contribution in [-0.4, -0.2) is 65.4 Å². The van der Waals surface area contributed by atoms with Gasteiger partial charge in [0.25, 0.3) is 5.91 Å². The summed E-state index contributed by atoms with van der Waals surface area (Å²) >= 11 is 0. The van der Waals surface area contributed by atoms with E-state index in [1.807, 2.05) is 11.8 Å². The number of piperazine rings is 1. The molecule has 0 aromatic carbocycles. The molecule has 1 fully saturated rings. The lowest BCUT2D eigenvalue weighted by atomic mass is 10.2. The molecule has 1 N–H and O–H groups in total. The lowest BCUT2D eigenvalue weighted by molar-refractivity contribution is 0.0658. The molecule has 0 saturated carbocycles. The van der Waals surface area contributed by atoms with E-state index in [1.165, 1.54) is 0 Å². The topological polar surface area (TPSA) is 61.4 Å². The highest BCUT2D eigenvalue weighted by atomic mass is 16.2. The van der Waals surface area contributed by atoms with Crippen LogP contribution in [0.25, 0.3) is 0 Å². The van der Waals surface area contributed by atoms with Crippen molar-refractivity contribution in [3.63, 3.8) is 0 Å². The molecule has 1 aliphatic rings. The summed E-state index contributed by atoms with van der Waals surface area (Å²) in [6.45, 7) is 8.13. The van der Waals surface area contributed by atoms with Crippen LogP contribution in [0.3, 0.4) is 0 Å². The first kappa shape index (κ1) is 14.7. The van der Waals surface area contributed by atoms with Crippen LogP contribution in [0.2, 0.25) is 0 Å². The minimum Gasteiger partial charge on any atom is -0.354 e. The van der Waals surface area contributed by atoms with Gasteiger partial charge in [-0.05, 0) is 26.5 Å². The Bertz CT molecular complexity index is 469. The number of rotatable bonds is 4. The molecular weight excluding hydrogens is 254 g/mol. The van der Waals surface area contributed by atoms with Gasteiger partial charge in [-0.15, -0.1) is 0 Å². The number of anilines is 1. The largest absolute Gasteiger partial charge is 0.354 e. The summed E-state index contributed by atoms with van der Waals surface area (Å²) in [6, 6.07) is 1.76. The summed E-state index contributed by atoms with van der Waals surface area (Å²) in [5.74, 6) is 0.549. The predicted molar refractivity (Wildman–Crippen MR) is 79.0 cm³/mol. The number of aromatic nitrogens is 2. The maximum Gasteiger partial charge on any atom is 0.272 e. The van der Waals surface area contributed by atoms with Crippen LogP contribution in [0, 0.1) is 6.92 Å². The summed E-state index contributed by atoms with van der Waals surface area (Å²) in [5, 5.41) is 3.14. The molecule has 0 bridgehead atoms. The van der Waals surface area contributed by atoms with Gasteiger partial charge in [-0.1, -0.05) is 6.92 Å². The van der Waals surface area contributed by atoms with Gasteiger partial charge >= 0.3 is 0 Å². The van der Waals surface area contributed by atoms with Crippen LogP contribution < -0.4 is 5.32 Å². The average molecular weight is 277 g/mol. The molecule has 110 valence electrons. The number of nitrogens with zero attached hydrogens (tertiary/aromatic N) is 4. The number of nitrogens with one attached hydrogen (secondary N) is 1. The normalized spacial score (nSPS) is 16.2. The van der Waals surface area contributed by atoms with Gasteiger partial charge in [-0.3, -0.25) is 4.79 Å². The predicted octanol–water partition coefficient (Wildman–Crippen LogP) is 0.995. The number of likely N-dealkylation sites (N-methyl/N-ethyl adjacent to an activating group) is 1. The molecule has 0 radical (unpaired) electrons. The van der Waals surface area contributed by atoms with Crippen LogP contribution in [0.15, 0.2) is 6.07 Å². The number of aryl methyl sites for hydroxylation is 1. The second kappa shape index (κ2) is 6.65. The molecule has 6 nitrogen and oxygen atoms in total. The minimum absolute atomic E-state index is 0.00292. The molecule has 0 spiro atoms. The molecule has 2 heterocycles. The highest BCUT2D eigenvalue weighted by molar-refractivity contribution is 5.92. The molecule has 1 aliphatic heterocycles. The van der Waals surface area contributed by atoms with Gasteiger partial charge in [0.2, 0.25) is 5.95 Å². The smallest absolute Gasteiger partial charge is 0.272 e. The summed E-state index contributed by atoms with van der Waals surface area (Å²) < 4.78 is 0. The molecule has 1 aromatic heterocycles. The molecule has 2 rings (SSSR count). The molecule has 0 aliphatic carbocycles. The van der Waals surface area contributed by atoms with E-state index in [9.17, 15) is 4.79 Å². The fourth-order valence-corrected chi connectivity index (χ4v) is 2.17. The van der Waals surface area contributed by atoms with Crippen molar-refractivity contribution in [1.82, 2.24) is 19.8 Å². The second-order valence-electron chi connectivity index (χ2n) is 5.24. The fourth-order valence-electron chi connectivity index (χ4n) is 2.17. The van der Waals surface area contributed by atoms with E-state index < -0.39 is 0 Å². The Hall–Kier alpha value is -1.69. The zero-order chi connectivity index (χ0) is 14.5. The lowest BCUT2D eigenvalue weighted by Gasteiger charge is -2.32. The number of hydrogen-bond acceptors (Lipinski definition) is 5. The quantitative estimate of drug-likeness (QED) is 0.889. The SMILES string of the molecule is CCCNc1nc(C)cc(C(=O)N2CCN(C)CC2)n1. The second-order valence-corrected chi connectivity index (χ2v) is 5.24. The first-order valence-corrected chi connectivity index (χ1v) is 7.17. The van der Waals surface area contributed by atoms with Crippen LogP contribution in [0.5, 0.6) is 0 Å². The molecule has 1 amide bonds. The first-order chi connectivity index (χ1) is 9.60. The molecule has 0 unspecified atom stereocenters. The highest BCUT2D eigenvalue weighted by Gasteiger charge is 2.22. The van der Waals surface area contributed by atoms with E-state index in [1.54, 1.807) is 6.07 Å². The monoisotopic (exact) mass is 277 g/mol. The minimum atomic E-state index is 0.00292. The van der Waals surface area contributed by atoms with Gasteiger partial charge in [0, 0.05) is 38.4 Å². The molecule has 1 aromatic rings. The third kappa shape index (κ3) is 3.66. The summed E-state index contributed by atoms with van der Waals surface area (Å²) in [5.41, 5.74) is 1.30. The van der Waals surface area contributed by atoms with Crippen molar-refractivity contribution < 1.29 is 4.79 Å². The van der Waals surface area contributed by atoms with E-state index in [4.69, 9.17) is 0 Å². The number of hydrogen-bond donors (Lipinski definition) is 1. The van der Waals surface area contributed by atoms with Crippen molar-refractivity contribution >= 4 is 11.9 Å². The number of amides is 1. The van der Waals surface area contributed by atoms with E-state index >= 15 is 0 Å². The summed E-state index contributed by atoms with van der Waals surface area (Å²) in [4.78, 5) is 25.2. The lowest BCUT2D eigenvalue weighted by Crippen LogP contribution is -2.47. The third-order valence-corrected chi connectivity index (χ3v) is 3.40. The highest BCUT2D eigenvalue weighted by Crippen LogP contribution is 2.10. The average Bonchev–Trinajstić information content (AvgIpc) is 2.44. The summed E-state index contributed by atoms with van der Waals surface area (Å²) in [7, 11) is 2.07. The zero-order valence-electron chi connectivity index (χ0n) is 12.5. The Balaban J connectivity index is 2.10. The van der Waals surface area contributed by atoms with Gasteiger partial charge in [-0.2, -0.15) is 0 Å². The molecule has 0 atom stereocenters. The third-order valence-electron chi connectivity index (χ3n) is 3.40. The van der Waals surface area contributed by atoms with Crippen molar-refractivity contribution in [2.75, 3.05) is 45.1 Å². The van der Waals surface area contributed by atoms with Gasteiger partial charge in [0.05, 0.1) is 0 Å². The standard InChI is InChI=1S/C14H23N5O/c1-4-5-15-14-16-11(2)10-12(17-14)13(20)19-8-6-18(3)7-9-19/h10H,4-9H2,1-3H3,(H,15,16,17). The van der Waals surface area contributed by atoms with E-state index in [-0.39, 0.29) is 5.91 Å². The van der Waals surface area contributed by atoms with Crippen LogP contribution in [-0.2, 0) is 0 Å². The molecule has 20 heavy (non-hydrogen) atoms. The van der Waals surface area contributed by atoms with E-state index in [0.29, 0.717) is 11.6 Å². The Morgan fingerprint density at radius 1 is 1.30 bits per heavy atom. The van der Waals surface area contributed by atoms with Crippen molar-refractivity contribution in [2.24, 2.45) is 0 Å². The van der Waals surface area contributed by atoms with Gasteiger partial charge in [0.15, 0.2) is 0 Å². The van der Waals surface area contributed by atoms with Crippen LogP contribution in [0.4, 0.5) is 5.95 Å². The molecular formula is C14H23N5O. The Morgan fingerprint density at radius 3 is 2.65 bits per heavy atom. The molecule has 1 saturated heterocycles. The first-order valence-electron chi connectivity index (χ1n) is 7.17. The number of carbonyl (C=O) groups excluding carboxylic acids is 1. The van der Waals surface area contributed by atoms with Crippen LogP contribution in [0.1, 0.15) is 29.5 Å². The molecule has 6 heteroatoms. The van der Waals surface area contributed by atoms with Crippen molar-refractivity contribution in [3.05, 3.63) is 17.5 Å². The Labute approximate surface area is 120 Å². The number of carbonyl (C=O) groups is 1. The maximum atomic E-state index is 12.5. The Kier molecular flexibility index (Phi) is 4.89. The van der Waals surface area contributed by atoms with Crippen molar-refractivity contribution in [1.29, 1.82) is 0 Å². The zero-order valence-corrected chi connectivity index (χ0v) is 12.5. The Morgan fingerprint density at radius 2 is 2.00 bits per heavy atom. The van der Waals surface area contributed by atoms with E-state index in [0.717, 1.165) is 44.8 Å². The van der Waals surface area contributed by atoms with Gasteiger partial charge in [-0.25, -0.2) is 9.97 Å². The van der Waals surface area contributed by atoms with Crippen molar-refractivity contribution in [3.8, 4) is 0 Å². The van der Waals surface area contributed by atoms with E-state index in [2.05, 4.69) is 34.2 Å². The maximum absolute atomic E-state index is 12.5.